The predicted molar refractivity (Wildman–Crippen MR) is 77.8 cm³/mol. The van der Waals surface area contributed by atoms with Crippen LogP contribution < -0.4 is 5.32 Å². The lowest BCUT2D eigenvalue weighted by molar-refractivity contribution is 0.113. The second-order valence-corrected chi connectivity index (χ2v) is 6.08. The lowest BCUT2D eigenvalue weighted by Gasteiger charge is -2.40. The van der Waals surface area contributed by atoms with Gasteiger partial charge in [-0.25, -0.2) is 0 Å². The summed E-state index contributed by atoms with van der Waals surface area (Å²) in [7, 11) is 0. The van der Waals surface area contributed by atoms with E-state index in [2.05, 4.69) is 31.0 Å². The van der Waals surface area contributed by atoms with Crippen molar-refractivity contribution >= 4 is 0 Å². The summed E-state index contributed by atoms with van der Waals surface area (Å²) in [6.07, 6.45) is 4.77. The van der Waals surface area contributed by atoms with Gasteiger partial charge in [-0.1, -0.05) is 27.2 Å². The van der Waals surface area contributed by atoms with Gasteiger partial charge < -0.3 is 15.3 Å². The summed E-state index contributed by atoms with van der Waals surface area (Å²) < 4.78 is 0. The monoisotopic (exact) mass is 256 g/mol. The van der Waals surface area contributed by atoms with E-state index in [1.807, 2.05) is 0 Å². The Morgan fingerprint density at radius 2 is 2.06 bits per heavy atom. The summed E-state index contributed by atoms with van der Waals surface area (Å²) in [5, 5.41) is 12.5. The van der Waals surface area contributed by atoms with Crippen LogP contribution in [0.3, 0.4) is 0 Å². The molecule has 1 aliphatic rings. The van der Waals surface area contributed by atoms with Gasteiger partial charge in [0.15, 0.2) is 0 Å². The number of hydrogen-bond donors (Lipinski definition) is 2. The molecule has 18 heavy (non-hydrogen) atoms. The first-order valence-corrected chi connectivity index (χ1v) is 7.74. The molecule has 1 aliphatic heterocycles. The normalized spacial score (nSPS) is 25.8. The van der Waals surface area contributed by atoms with E-state index < -0.39 is 0 Å². The van der Waals surface area contributed by atoms with Crippen LogP contribution in [0.2, 0.25) is 0 Å². The minimum absolute atomic E-state index is 0.298. The van der Waals surface area contributed by atoms with Crippen LogP contribution in [0, 0.1) is 11.8 Å². The molecule has 2 atom stereocenters. The number of hydrogen-bond acceptors (Lipinski definition) is 3. The van der Waals surface area contributed by atoms with E-state index in [4.69, 9.17) is 5.11 Å². The number of likely N-dealkylation sites (tertiary alicyclic amines) is 1. The quantitative estimate of drug-likeness (QED) is 0.653. The van der Waals surface area contributed by atoms with Crippen LogP contribution in [0.4, 0.5) is 0 Å². The summed E-state index contributed by atoms with van der Waals surface area (Å²) in [6, 6.07) is 0.620. The third kappa shape index (κ3) is 5.68. The van der Waals surface area contributed by atoms with Gasteiger partial charge in [0.1, 0.15) is 0 Å². The van der Waals surface area contributed by atoms with Crippen molar-refractivity contribution < 1.29 is 5.11 Å². The summed E-state index contributed by atoms with van der Waals surface area (Å²) in [6.45, 7) is 11.9. The Hall–Kier alpha value is -0.120. The first-order valence-electron chi connectivity index (χ1n) is 7.74. The largest absolute Gasteiger partial charge is 0.396 e. The van der Waals surface area contributed by atoms with Crippen molar-refractivity contribution in [3.05, 3.63) is 0 Å². The smallest absolute Gasteiger partial charge is 0.0443 e. The van der Waals surface area contributed by atoms with Gasteiger partial charge in [-0.2, -0.15) is 0 Å². The number of nitrogens with one attached hydrogen (secondary N) is 1. The maximum atomic E-state index is 8.85. The molecular weight excluding hydrogens is 224 g/mol. The van der Waals surface area contributed by atoms with Crippen LogP contribution in [0.25, 0.3) is 0 Å². The molecule has 3 nitrogen and oxygen atoms in total. The Labute approximate surface area is 113 Å². The highest BCUT2D eigenvalue weighted by atomic mass is 16.3. The number of aliphatic hydroxyl groups is 1. The Balaban J connectivity index is 2.40. The summed E-state index contributed by atoms with van der Waals surface area (Å²) >= 11 is 0. The van der Waals surface area contributed by atoms with E-state index >= 15 is 0 Å². The van der Waals surface area contributed by atoms with Gasteiger partial charge in [0, 0.05) is 25.7 Å². The molecule has 0 aromatic carbocycles. The molecule has 2 unspecified atom stereocenters. The number of nitrogens with zero attached hydrogens (tertiary/aromatic N) is 1. The van der Waals surface area contributed by atoms with Crippen LogP contribution in [0.15, 0.2) is 0 Å². The maximum Gasteiger partial charge on any atom is 0.0443 e. The number of unbranched alkanes of at least 4 members (excludes halogenated alkanes) is 1. The first kappa shape index (κ1) is 15.9. The second kappa shape index (κ2) is 8.89. The topological polar surface area (TPSA) is 35.5 Å². The standard InChI is InChI=1S/C15H32N2O/c1-4-5-8-17-11-14(13(2)3)10-15(12-17)16-7-6-9-18/h13-16,18H,4-12H2,1-3H3. The SMILES string of the molecule is CCCCN1CC(NCCCO)CC(C(C)C)C1. The summed E-state index contributed by atoms with van der Waals surface area (Å²) in [5.74, 6) is 1.60. The molecular formula is C15H32N2O. The Morgan fingerprint density at radius 3 is 2.67 bits per heavy atom. The fraction of sp³-hybridized carbons (Fsp3) is 1.00. The van der Waals surface area contributed by atoms with Gasteiger partial charge in [-0.3, -0.25) is 0 Å². The van der Waals surface area contributed by atoms with Gasteiger partial charge in [-0.15, -0.1) is 0 Å². The van der Waals surface area contributed by atoms with Crippen LogP contribution in [-0.4, -0.2) is 48.8 Å². The molecule has 0 aromatic rings. The van der Waals surface area contributed by atoms with Gasteiger partial charge in [0.25, 0.3) is 0 Å². The Kier molecular flexibility index (Phi) is 7.87. The van der Waals surface area contributed by atoms with Crippen molar-refractivity contribution in [2.75, 3.05) is 32.8 Å². The molecule has 1 fully saturated rings. The second-order valence-electron chi connectivity index (χ2n) is 6.08. The van der Waals surface area contributed by atoms with Gasteiger partial charge in [-0.05, 0) is 44.2 Å². The minimum Gasteiger partial charge on any atom is -0.396 e. The molecule has 108 valence electrons. The van der Waals surface area contributed by atoms with E-state index in [-0.39, 0.29) is 0 Å². The van der Waals surface area contributed by atoms with E-state index in [1.54, 1.807) is 0 Å². The number of aliphatic hydroxyl groups excluding tert-OH is 1. The average Bonchev–Trinajstić information content (AvgIpc) is 2.36. The molecule has 1 rings (SSSR count). The minimum atomic E-state index is 0.298. The van der Waals surface area contributed by atoms with Crippen molar-refractivity contribution in [2.24, 2.45) is 11.8 Å². The molecule has 0 radical (unpaired) electrons. The maximum absolute atomic E-state index is 8.85. The zero-order valence-corrected chi connectivity index (χ0v) is 12.5. The van der Waals surface area contributed by atoms with E-state index in [9.17, 15) is 0 Å². The molecule has 0 aliphatic carbocycles. The first-order chi connectivity index (χ1) is 8.67. The zero-order chi connectivity index (χ0) is 13.4. The summed E-state index contributed by atoms with van der Waals surface area (Å²) in [4.78, 5) is 2.63. The molecule has 3 heteroatoms. The Morgan fingerprint density at radius 1 is 1.28 bits per heavy atom. The van der Waals surface area contributed by atoms with Crippen LogP contribution >= 0.6 is 0 Å². The van der Waals surface area contributed by atoms with Gasteiger partial charge in [0.2, 0.25) is 0 Å². The Bertz CT molecular complexity index is 209. The molecule has 2 N–H and O–H groups in total. The lowest BCUT2D eigenvalue weighted by atomic mass is 9.85. The molecule has 0 aromatic heterocycles. The van der Waals surface area contributed by atoms with Crippen molar-refractivity contribution in [3.8, 4) is 0 Å². The molecule has 1 saturated heterocycles. The summed E-state index contributed by atoms with van der Waals surface area (Å²) in [5.41, 5.74) is 0. The lowest BCUT2D eigenvalue weighted by Crippen LogP contribution is -2.50. The third-order valence-electron chi connectivity index (χ3n) is 4.10. The molecule has 0 saturated carbocycles. The highest BCUT2D eigenvalue weighted by molar-refractivity contribution is 4.84. The van der Waals surface area contributed by atoms with Gasteiger partial charge >= 0.3 is 0 Å². The fourth-order valence-electron chi connectivity index (χ4n) is 2.81. The number of piperidine rings is 1. The average molecular weight is 256 g/mol. The number of rotatable bonds is 8. The van der Waals surface area contributed by atoms with Crippen molar-refractivity contribution in [3.63, 3.8) is 0 Å². The van der Waals surface area contributed by atoms with Crippen LogP contribution in [0.5, 0.6) is 0 Å². The van der Waals surface area contributed by atoms with Crippen LogP contribution in [0.1, 0.15) is 46.5 Å². The van der Waals surface area contributed by atoms with E-state index in [0.717, 1.165) is 24.8 Å². The zero-order valence-electron chi connectivity index (χ0n) is 12.5. The molecule has 0 spiro atoms. The van der Waals surface area contributed by atoms with Gasteiger partial charge in [0.05, 0.1) is 0 Å². The highest BCUT2D eigenvalue weighted by Crippen LogP contribution is 2.24. The third-order valence-corrected chi connectivity index (χ3v) is 4.10. The van der Waals surface area contributed by atoms with Crippen molar-refractivity contribution in [2.45, 2.75) is 52.5 Å². The van der Waals surface area contributed by atoms with E-state index in [0.29, 0.717) is 12.6 Å². The highest BCUT2D eigenvalue weighted by Gasteiger charge is 2.28. The molecule has 0 bridgehead atoms. The van der Waals surface area contributed by atoms with Crippen molar-refractivity contribution in [1.82, 2.24) is 10.2 Å². The fourth-order valence-corrected chi connectivity index (χ4v) is 2.81. The molecule has 1 heterocycles. The molecule has 0 amide bonds. The van der Waals surface area contributed by atoms with Crippen LogP contribution in [-0.2, 0) is 0 Å². The predicted octanol–water partition coefficient (Wildman–Crippen LogP) is 2.10. The van der Waals surface area contributed by atoms with E-state index in [1.165, 1.54) is 38.9 Å². The van der Waals surface area contributed by atoms with Crippen molar-refractivity contribution in [1.29, 1.82) is 0 Å².